The van der Waals surface area contributed by atoms with Crippen LogP contribution in [-0.2, 0) is 0 Å². The monoisotopic (exact) mass is 146 g/mol. The molecule has 1 aliphatic heterocycles. The summed E-state index contributed by atoms with van der Waals surface area (Å²) in [5.41, 5.74) is 0. The Kier molecular flexibility index (Phi) is 1.27. The number of hydrogen-bond acceptors (Lipinski definition) is 1. The largest absolute Gasteiger partial charge is 0.298 e. The fraction of sp³-hybridized carbons (Fsp3) is 0.500. The smallest absolute Gasteiger partial charge is 0.0889 e. The second kappa shape index (κ2) is 1.76. The Hall–Kier alpha value is 0.180. The third-order valence-corrected chi connectivity index (χ3v) is 1.25. The minimum Gasteiger partial charge on any atom is -0.298 e. The maximum atomic E-state index is 3.28. The van der Waals surface area contributed by atoms with Crippen LogP contribution < -0.4 is 5.32 Å². The quantitative estimate of drug-likeness (QED) is 0.392. The highest BCUT2D eigenvalue weighted by Gasteiger charge is 1.99. The second-order valence-electron chi connectivity index (χ2n) is 1.14. The van der Waals surface area contributed by atoms with Gasteiger partial charge in [-0.1, -0.05) is 22.0 Å². The van der Waals surface area contributed by atoms with Crippen LogP contribution in [-0.4, -0.2) is 11.5 Å². The molecule has 0 spiro atoms. The topological polar surface area (TPSA) is 12.0 Å². The molecule has 1 atom stereocenters. The van der Waals surface area contributed by atoms with E-state index in [2.05, 4.69) is 27.3 Å². The maximum Gasteiger partial charge on any atom is 0.0889 e. The molecule has 1 N–H and O–H groups in total. The summed E-state index contributed by atoms with van der Waals surface area (Å²) in [6.07, 6.45) is 4.97. The van der Waals surface area contributed by atoms with Gasteiger partial charge in [-0.25, -0.2) is 0 Å². The summed E-state index contributed by atoms with van der Waals surface area (Å²) in [5, 5.41) is 3.07. The number of halogens is 1. The normalized spacial score (nSPS) is 31.8. The second-order valence-corrected chi connectivity index (χ2v) is 2.06. The van der Waals surface area contributed by atoms with Gasteiger partial charge in [-0.05, 0) is 6.08 Å². The molecule has 1 radical (unpaired) electrons. The van der Waals surface area contributed by atoms with Gasteiger partial charge in [0.2, 0.25) is 0 Å². The lowest BCUT2D eigenvalue weighted by atomic mass is 10.6. The van der Waals surface area contributed by atoms with Crippen LogP contribution in [0.25, 0.3) is 0 Å². The summed E-state index contributed by atoms with van der Waals surface area (Å²) in [4.78, 5) is 0.303. The molecule has 2 heteroatoms. The molecule has 1 unspecified atom stereocenters. The van der Waals surface area contributed by atoms with Crippen LogP contribution in [0.2, 0.25) is 0 Å². The summed E-state index contributed by atoms with van der Waals surface area (Å²) in [6.45, 7) is 0.954. The lowest BCUT2D eigenvalue weighted by Crippen LogP contribution is -2.14. The molecular weight excluding hydrogens is 142 g/mol. The fourth-order valence-electron chi connectivity index (χ4n) is 0.384. The van der Waals surface area contributed by atoms with Crippen molar-refractivity contribution in [2.45, 2.75) is 4.95 Å². The first-order valence-corrected chi connectivity index (χ1v) is 2.76. The molecular formula is C4H5BrN. The first-order chi connectivity index (χ1) is 2.89. The van der Waals surface area contributed by atoms with Crippen LogP contribution in [0.4, 0.5) is 0 Å². The van der Waals surface area contributed by atoms with Gasteiger partial charge in [0, 0.05) is 6.54 Å². The van der Waals surface area contributed by atoms with Gasteiger partial charge < -0.3 is 0 Å². The summed E-state index contributed by atoms with van der Waals surface area (Å²) < 4.78 is 0. The highest BCUT2D eigenvalue weighted by atomic mass is 79.9. The molecule has 1 aliphatic rings. The van der Waals surface area contributed by atoms with Crippen molar-refractivity contribution >= 4 is 15.9 Å². The summed E-state index contributed by atoms with van der Waals surface area (Å²) in [7, 11) is 0. The van der Waals surface area contributed by atoms with Crippen molar-refractivity contribution in [1.82, 2.24) is 5.32 Å². The Labute approximate surface area is 45.6 Å². The van der Waals surface area contributed by atoms with Gasteiger partial charge in [-0.15, -0.1) is 0 Å². The van der Waals surface area contributed by atoms with Crippen molar-refractivity contribution in [2.75, 3.05) is 6.54 Å². The van der Waals surface area contributed by atoms with E-state index in [1.54, 1.807) is 0 Å². The van der Waals surface area contributed by atoms with Gasteiger partial charge in [0.25, 0.3) is 0 Å². The zero-order valence-corrected chi connectivity index (χ0v) is 4.83. The van der Waals surface area contributed by atoms with Crippen LogP contribution in [0.3, 0.4) is 0 Å². The highest BCUT2D eigenvalue weighted by Crippen LogP contribution is 1.98. The Bertz CT molecular complexity index is 69.9. The molecule has 0 aromatic rings. The van der Waals surface area contributed by atoms with E-state index < -0.39 is 0 Å². The molecule has 6 heavy (non-hydrogen) atoms. The van der Waals surface area contributed by atoms with E-state index in [0.717, 1.165) is 6.54 Å². The Morgan fingerprint density at radius 2 is 2.83 bits per heavy atom. The van der Waals surface area contributed by atoms with Crippen molar-refractivity contribution in [1.29, 1.82) is 0 Å². The zero-order valence-electron chi connectivity index (χ0n) is 3.24. The van der Waals surface area contributed by atoms with Crippen molar-refractivity contribution < 1.29 is 0 Å². The first kappa shape index (κ1) is 4.34. The third-order valence-electron chi connectivity index (χ3n) is 0.663. The number of rotatable bonds is 0. The molecule has 0 fully saturated rings. The zero-order chi connectivity index (χ0) is 4.41. The first-order valence-electron chi connectivity index (χ1n) is 1.85. The average Bonchev–Trinajstić information content (AvgIpc) is 1.86. The predicted octanol–water partition coefficient (Wildman–Crippen LogP) is 0.670. The lowest BCUT2D eigenvalue weighted by molar-refractivity contribution is 0.851. The molecule has 0 saturated heterocycles. The minimum atomic E-state index is 0.303. The molecule has 33 valence electrons. The number of hydrogen-bond donors (Lipinski definition) is 1. The van der Waals surface area contributed by atoms with Gasteiger partial charge in [0.1, 0.15) is 0 Å². The van der Waals surface area contributed by atoms with E-state index in [0.29, 0.717) is 4.95 Å². The van der Waals surface area contributed by atoms with Gasteiger partial charge in [-0.3, -0.25) is 5.32 Å². The van der Waals surface area contributed by atoms with E-state index in [1.807, 2.05) is 6.08 Å². The molecule has 0 saturated carbocycles. The average molecular weight is 147 g/mol. The number of alkyl halides is 1. The van der Waals surface area contributed by atoms with Gasteiger partial charge in [0.05, 0.1) is 4.95 Å². The lowest BCUT2D eigenvalue weighted by Gasteiger charge is -1.91. The van der Waals surface area contributed by atoms with Gasteiger partial charge in [0.15, 0.2) is 0 Å². The minimum absolute atomic E-state index is 0.303. The fourth-order valence-corrected chi connectivity index (χ4v) is 0.758. The van der Waals surface area contributed by atoms with Crippen LogP contribution in [0.1, 0.15) is 0 Å². The van der Waals surface area contributed by atoms with Crippen molar-refractivity contribution in [3.63, 3.8) is 0 Å². The number of nitrogens with one attached hydrogen (secondary N) is 1. The molecule has 1 heterocycles. The predicted molar refractivity (Wildman–Crippen MR) is 28.5 cm³/mol. The Morgan fingerprint density at radius 1 is 2.00 bits per heavy atom. The summed E-state index contributed by atoms with van der Waals surface area (Å²) in [5.74, 6) is 0. The van der Waals surface area contributed by atoms with Crippen LogP contribution in [0.15, 0.2) is 6.08 Å². The maximum absolute atomic E-state index is 3.28. The SMILES string of the molecule is BrC1[C]=CCN1. The van der Waals surface area contributed by atoms with Crippen molar-refractivity contribution in [3.05, 3.63) is 12.2 Å². The molecule has 1 nitrogen and oxygen atoms in total. The van der Waals surface area contributed by atoms with Crippen molar-refractivity contribution in [2.24, 2.45) is 0 Å². The molecule has 0 amide bonds. The Morgan fingerprint density at radius 3 is 3.00 bits per heavy atom. The standard InChI is InChI=1S/C4H5BrN/c5-4-2-1-3-6-4/h1,4,6H,3H2. The molecule has 0 bridgehead atoms. The van der Waals surface area contributed by atoms with Crippen molar-refractivity contribution in [3.8, 4) is 0 Å². The molecule has 0 aliphatic carbocycles. The van der Waals surface area contributed by atoms with E-state index in [4.69, 9.17) is 0 Å². The highest BCUT2D eigenvalue weighted by molar-refractivity contribution is 9.09. The van der Waals surface area contributed by atoms with Crippen LogP contribution >= 0.6 is 15.9 Å². The van der Waals surface area contributed by atoms with Crippen LogP contribution in [0.5, 0.6) is 0 Å². The van der Waals surface area contributed by atoms with Gasteiger partial charge in [-0.2, -0.15) is 0 Å². The van der Waals surface area contributed by atoms with Crippen LogP contribution in [0, 0.1) is 6.08 Å². The third kappa shape index (κ3) is 0.820. The van der Waals surface area contributed by atoms with E-state index in [9.17, 15) is 0 Å². The van der Waals surface area contributed by atoms with E-state index >= 15 is 0 Å². The molecule has 0 aromatic carbocycles. The Balaban J connectivity index is 2.38. The van der Waals surface area contributed by atoms with E-state index in [1.165, 1.54) is 0 Å². The van der Waals surface area contributed by atoms with E-state index in [-0.39, 0.29) is 0 Å². The molecule has 1 rings (SSSR count). The summed E-state index contributed by atoms with van der Waals surface area (Å²) >= 11 is 3.28. The van der Waals surface area contributed by atoms with Gasteiger partial charge >= 0.3 is 0 Å². The summed E-state index contributed by atoms with van der Waals surface area (Å²) in [6, 6.07) is 0. The molecule has 0 aromatic heterocycles.